The van der Waals surface area contributed by atoms with Crippen LogP contribution in [0.1, 0.15) is 20.7 Å². The molecule has 0 unspecified atom stereocenters. The van der Waals surface area contributed by atoms with Gasteiger partial charge in [0.05, 0.1) is 29.1 Å². The predicted molar refractivity (Wildman–Crippen MR) is 223 cm³/mol. The van der Waals surface area contributed by atoms with E-state index >= 15 is 0 Å². The van der Waals surface area contributed by atoms with Crippen LogP contribution in [0.15, 0.2) is 120 Å². The minimum absolute atomic E-state index is 0.0844. The Balaban J connectivity index is 0.000000184. The molecule has 7 aromatic rings. The van der Waals surface area contributed by atoms with Crippen molar-refractivity contribution in [2.45, 2.75) is 0 Å². The number of methoxy groups -OCH3 is 1. The van der Waals surface area contributed by atoms with Crippen LogP contribution >= 0.6 is 31.9 Å². The van der Waals surface area contributed by atoms with Crippen LogP contribution in [0.25, 0.3) is 44.2 Å². The number of benzene rings is 4. The molecule has 0 fully saturated rings. The Labute approximate surface area is 332 Å². The van der Waals surface area contributed by atoms with Crippen molar-refractivity contribution >= 4 is 77.0 Å². The Morgan fingerprint density at radius 1 is 0.745 bits per heavy atom. The minimum Gasteiger partial charge on any atom is -0.496 e. The summed E-state index contributed by atoms with van der Waals surface area (Å²) in [6.45, 7) is 0. The first-order valence-corrected chi connectivity index (χ1v) is 18.1. The van der Waals surface area contributed by atoms with Crippen molar-refractivity contribution in [3.63, 3.8) is 0 Å². The largest absolute Gasteiger partial charge is 0.496 e. The number of carbonyl (C=O) groups is 2. The lowest BCUT2D eigenvalue weighted by molar-refractivity contribution is 0.0821. The number of halogens is 2. The van der Waals surface area contributed by atoms with Crippen molar-refractivity contribution in [2.24, 2.45) is 0 Å². The SMILES string of the molecule is CN(C)C(=O)c1cc(Br)ccc1N.COc1ccccc1-c1c[nH]c2ncc(-c3ccc(N)c(C(=O)N(C)C)c3)cc12.O=c1[nH]c2ccc(Br)cc2c(=O)o1. The lowest BCUT2D eigenvalue weighted by atomic mass is 9.99. The van der Waals surface area contributed by atoms with Crippen LogP contribution in [0, 0.1) is 0 Å². The maximum Gasteiger partial charge on any atom is 0.419 e. The second-order valence-corrected chi connectivity index (χ2v) is 14.3. The molecule has 0 aliphatic heterocycles. The van der Waals surface area contributed by atoms with E-state index in [1.54, 1.807) is 77.9 Å². The van der Waals surface area contributed by atoms with Gasteiger partial charge in [-0.3, -0.25) is 14.6 Å². The smallest absolute Gasteiger partial charge is 0.419 e. The van der Waals surface area contributed by atoms with Crippen LogP contribution in [0.5, 0.6) is 5.75 Å². The van der Waals surface area contributed by atoms with E-state index in [1.807, 2.05) is 48.7 Å². The van der Waals surface area contributed by atoms with Gasteiger partial charge in [-0.25, -0.2) is 14.6 Å². The zero-order valence-electron chi connectivity index (χ0n) is 30.4. The number of hydrogen-bond acceptors (Lipinski definition) is 9. The summed E-state index contributed by atoms with van der Waals surface area (Å²) < 4.78 is 11.5. The number of hydrogen-bond donors (Lipinski definition) is 4. The van der Waals surface area contributed by atoms with Gasteiger partial charge in [-0.2, -0.15) is 0 Å². The predicted octanol–water partition coefficient (Wildman–Crippen LogP) is 7.17. The fourth-order valence-corrected chi connectivity index (χ4v) is 6.16. The number of carbonyl (C=O) groups excluding carboxylic acids is 2. The summed E-state index contributed by atoms with van der Waals surface area (Å²) in [5.41, 5.74) is 18.1. The number of amides is 2. The Hall–Kier alpha value is -6.19. The highest BCUT2D eigenvalue weighted by molar-refractivity contribution is 9.10. The molecule has 0 aliphatic carbocycles. The Morgan fingerprint density at radius 3 is 2.04 bits per heavy atom. The van der Waals surface area contributed by atoms with Gasteiger partial charge < -0.3 is 35.4 Å². The van der Waals surface area contributed by atoms with Crippen LogP contribution in [0.2, 0.25) is 0 Å². The third kappa shape index (κ3) is 9.31. The molecule has 0 saturated carbocycles. The molecular weight excluding hydrogens is 834 g/mol. The second-order valence-electron chi connectivity index (χ2n) is 12.4. The van der Waals surface area contributed by atoms with Gasteiger partial charge in [0.15, 0.2) is 0 Å². The van der Waals surface area contributed by atoms with Gasteiger partial charge in [-0.1, -0.05) is 56.1 Å². The number of pyridine rings is 1. The molecule has 7 rings (SSSR count). The van der Waals surface area contributed by atoms with E-state index < -0.39 is 11.4 Å². The highest BCUT2D eigenvalue weighted by Gasteiger charge is 2.16. The van der Waals surface area contributed by atoms with Gasteiger partial charge in [-0.05, 0) is 66.2 Å². The van der Waals surface area contributed by atoms with Crippen LogP contribution in [-0.2, 0) is 0 Å². The molecule has 0 spiro atoms. The minimum atomic E-state index is -0.736. The number of rotatable bonds is 5. The number of anilines is 2. The number of nitrogens with zero attached hydrogens (tertiary/aromatic N) is 3. The van der Waals surface area contributed by atoms with Crippen LogP contribution < -0.4 is 27.6 Å². The summed E-state index contributed by atoms with van der Waals surface area (Å²) in [5, 5.41) is 1.33. The maximum atomic E-state index is 12.4. The average Bonchev–Trinajstić information content (AvgIpc) is 3.59. The van der Waals surface area contributed by atoms with Crippen molar-refractivity contribution < 1.29 is 18.7 Å². The number of nitrogen functional groups attached to an aromatic ring is 2. The summed E-state index contributed by atoms with van der Waals surface area (Å²) in [5.74, 6) is -0.154. The zero-order valence-corrected chi connectivity index (χ0v) is 33.6. The molecule has 0 bridgehead atoms. The summed E-state index contributed by atoms with van der Waals surface area (Å²) in [7, 11) is 8.48. The first-order chi connectivity index (χ1) is 26.2. The molecule has 0 radical (unpaired) electrons. The molecule has 55 heavy (non-hydrogen) atoms. The standard InChI is InChI=1S/C23H22N4O2.C9H11BrN2O.C8H4BrNO3/c1-27(2)23(28)18-10-14(8-9-20(18)24)15-11-17-19(13-26-22(17)25-12-15)16-6-4-5-7-21(16)29-3;1-12(2)9(13)7-5-6(10)3-4-8(7)11;9-4-1-2-6-5(3-4)7(11)13-8(12)10-6/h4-13H,24H2,1-3H3,(H,25,26);3-5H,11H2,1-2H3;1-3H,(H,10,12). The number of fused-ring (bicyclic) bond motifs is 2. The molecule has 2 amide bonds. The lowest BCUT2D eigenvalue weighted by Gasteiger charge is -2.13. The number of para-hydroxylation sites is 1. The number of H-pyrrole nitrogens is 2. The third-order valence-corrected chi connectivity index (χ3v) is 9.21. The Bertz CT molecular complexity index is 2650. The van der Waals surface area contributed by atoms with Gasteiger partial charge in [0, 0.05) is 83.0 Å². The van der Waals surface area contributed by atoms with Crippen LogP contribution in [0.4, 0.5) is 11.4 Å². The van der Waals surface area contributed by atoms with Crippen molar-refractivity contribution in [3.8, 4) is 28.0 Å². The molecule has 3 heterocycles. The van der Waals surface area contributed by atoms with Crippen molar-refractivity contribution in [2.75, 3.05) is 46.8 Å². The molecule has 0 atom stereocenters. The summed E-state index contributed by atoms with van der Waals surface area (Å²) >= 11 is 6.50. The van der Waals surface area contributed by atoms with E-state index in [-0.39, 0.29) is 11.8 Å². The van der Waals surface area contributed by atoms with E-state index in [1.165, 1.54) is 9.80 Å². The molecular formula is C40H37Br2N7O6. The summed E-state index contributed by atoms with van der Waals surface area (Å²) in [6.07, 6.45) is 3.73. The maximum absolute atomic E-state index is 12.4. The molecule has 0 aliphatic rings. The lowest BCUT2D eigenvalue weighted by Crippen LogP contribution is -2.22. The second kappa shape index (κ2) is 17.3. The number of nitrogens with two attached hydrogens (primary N) is 2. The zero-order chi connectivity index (χ0) is 40.0. The highest BCUT2D eigenvalue weighted by atomic mass is 79.9. The number of aromatic nitrogens is 3. The van der Waals surface area contributed by atoms with E-state index in [9.17, 15) is 19.2 Å². The van der Waals surface area contributed by atoms with Crippen molar-refractivity contribution in [3.05, 3.63) is 138 Å². The number of nitrogens with one attached hydrogen (secondary N) is 2. The fraction of sp³-hybridized carbons (Fsp3) is 0.125. The van der Waals surface area contributed by atoms with E-state index in [4.69, 9.17) is 16.2 Å². The van der Waals surface area contributed by atoms with Gasteiger partial charge in [0.1, 0.15) is 11.4 Å². The van der Waals surface area contributed by atoms with E-state index in [2.05, 4.69) is 57.3 Å². The van der Waals surface area contributed by atoms with Crippen molar-refractivity contribution in [1.82, 2.24) is 24.8 Å². The van der Waals surface area contributed by atoms with Crippen LogP contribution in [0.3, 0.4) is 0 Å². The van der Waals surface area contributed by atoms with Crippen molar-refractivity contribution in [1.29, 1.82) is 0 Å². The van der Waals surface area contributed by atoms with E-state index in [0.717, 1.165) is 48.0 Å². The van der Waals surface area contributed by atoms with E-state index in [0.29, 0.717) is 33.4 Å². The molecule has 282 valence electrons. The Kier molecular flexibility index (Phi) is 12.6. The van der Waals surface area contributed by atoms with Gasteiger partial charge in [-0.15, -0.1) is 0 Å². The topological polar surface area (TPSA) is 194 Å². The molecule has 3 aromatic heterocycles. The fourth-order valence-electron chi connectivity index (χ4n) is 5.44. The van der Waals surface area contributed by atoms with Crippen LogP contribution in [-0.4, -0.2) is 71.9 Å². The van der Waals surface area contributed by atoms with Gasteiger partial charge in [0.2, 0.25) is 0 Å². The summed E-state index contributed by atoms with van der Waals surface area (Å²) in [4.78, 5) is 59.1. The molecule has 15 heteroatoms. The average molecular weight is 872 g/mol. The first-order valence-electron chi connectivity index (χ1n) is 16.5. The monoisotopic (exact) mass is 869 g/mol. The van der Waals surface area contributed by atoms with Gasteiger partial charge in [0.25, 0.3) is 11.8 Å². The first kappa shape index (κ1) is 40.0. The molecule has 6 N–H and O–H groups in total. The summed E-state index contributed by atoms with van der Waals surface area (Å²) in [6, 6.07) is 25.6. The Morgan fingerprint density at radius 2 is 1.36 bits per heavy atom. The third-order valence-electron chi connectivity index (χ3n) is 8.23. The number of aromatic amines is 2. The molecule has 0 saturated heterocycles. The van der Waals surface area contributed by atoms with Gasteiger partial charge >= 0.3 is 11.4 Å². The highest BCUT2D eigenvalue weighted by Crippen LogP contribution is 2.36. The number of ether oxygens (including phenoxy) is 1. The quantitative estimate of drug-likeness (QED) is 0.130. The normalized spacial score (nSPS) is 10.5. The molecule has 4 aromatic carbocycles. The molecule has 13 nitrogen and oxygen atoms in total.